The van der Waals surface area contributed by atoms with Gasteiger partial charge in [0.15, 0.2) is 0 Å². The summed E-state index contributed by atoms with van der Waals surface area (Å²) in [6.07, 6.45) is 3.15. The second-order valence-electron chi connectivity index (χ2n) is 8.70. The van der Waals surface area contributed by atoms with E-state index in [0.717, 1.165) is 0 Å². The molecule has 1 fully saturated rings. The minimum atomic E-state index is -0.644. The molecule has 0 N–H and O–H groups in total. The standard InChI is InChI=1S/C23H24N4O4/c1-23(2,3)27-21(30)17-5-4-16(14-18(17)22(27)31)20(29)26-12-10-25(11-13-26)19(28)15-6-8-24-9-7-15/h4-9,14H,10-13H2,1-3H3. The lowest BCUT2D eigenvalue weighted by molar-refractivity contribution is 0.0507. The Balaban J connectivity index is 1.46. The number of carbonyl (C=O) groups excluding carboxylic acids is 4. The molecule has 8 heteroatoms. The molecule has 1 aromatic carbocycles. The van der Waals surface area contributed by atoms with E-state index in [-0.39, 0.29) is 29.2 Å². The Morgan fingerprint density at radius 2 is 1.29 bits per heavy atom. The molecule has 8 nitrogen and oxygen atoms in total. The van der Waals surface area contributed by atoms with Crippen LogP contribution in [0.15, 0.2) is 42.7 Å². The first-order valence-corrected chi connectivity index (χ1v) is 10.2. The topological polar surface area (TPSA) is 90.9 Å². The Labute approximate surface area is 180 Å². The molecule has 31 heavy (non-hydrogen) atoms. The molecule has 0 bridgehead atoms. The predicted molar refractivity (Wildman–Crippen MR) is 113 cm³/mol. The Bertz CT molecular complexity index is 1070. The van der Waals surface area contributed by atoms with Crippen molar-refractivity contribution in [2.24, 2.45) is 0 Å². The summed E-state index contributed by atoms with van der Waals surface area (Å²) in [5.74, 6) is -1.02. The maximum absolute atomic E-state index is 13.0. The van der Waals surface area contributed by atoms with Gasteiger partial charge in [0.25, 0.3) is 23.6 Å². The van der Waals surface area contributed by atoms with Crippen molar-refractivity contribution in [1.29, 1.82) is 0 Å². The third kappa shape index (κ3) is 3.69. The number of hydrogen-bond acceptors (Lipinski definition) is 5. The van der Waals surface area contributed by atoms with Gasteiger partial charge in [0.1, 0.15) is 0 Å². The summed E-state index contributed by atoms with van der Waals surface area (Å²) in [5.41, 5.74) is 0.876. The molecular formula is C23H24N4O4. The summed E-state index contributed by atoms with van der Waals surface area (Å²) in [6.45, 7) is 7.04. The van der Waals surface area contributed by atoms with E-state index >= 15 is 0 Å². The van der Waals surface area contributed by atoms with Crippen LogP contribution in [0.25, 0.3) is 0 Å². The Hall–Kier alpha value is -3.55. The molecule has 2 aromatic rings. The van der Waals surface area contributed by atoms with Gasteiger partial charge in [-0.3, -0.25) is 29.1 Å². The summed E-state index contributed by atoms with van der Waals surface area (Å²) in [7, 11) is 0. The van der Waals surface area contributed by atoms with Gasteiger partial charge in [-0.2, -0.15) is 0 Å². The number of hydrogen-bond donors (Lipinski definition) is 0. The van der Waals surface area contributed by atoms with Gasteiger partial charge in [0, 0.05) is 55.2 Å². The molecule has 4 amide bonds. The van der Waals surface area contributed by atoms with E-state index in [2.05, 4.69) is 4.98 Å². The smallest absolute Gasteiger partial charge is 0.262 e. The van der Waals surface area contributed by atoms with Crippen molar-refractivity contribution < 1.29 is 19.2 Å². The van der Waals surface area contributed by atoms with Crippen LogP contribution in [-0.4, -0.2) is 75.0 Å². The van der Waals surface area contributed by atoms with Gasteiger partial charge in [-0.15, -0.1) is 0 Å². The number of pyridine rings is 1. The summed E-state index contributed by atoms with van der Waals surface area (Å²) < 4.78 is 0. The second kappa shape index (κ2) is 7.61. The Morgan fingerprint density at radius 1 is 0.774 bits per heavy atom. The zero-order valence-electron chi connectivity index (χ0n) is 17.8. The van der Waals surface area contributed by atoms with Gasteiger partial charge >= 0.3 is 0 Å². The van der Waals surface area contributed by atoms with Crippen LogP contribution in [0.2, 0.25) is 0 Å². The fourth-order valence-corrected chi connectivity index (χ4v) is 3.96. The number of benzene rings is 1. The first-order valence-electron chi connectivity index (χ1n) is 10.2. The van der Waals surface area contributed by atoms with Crippen molar-refractivity contribution >= 4 is 23.6 Å². The third-order valence-corrected chi connectivity index (χ3v) is 5.59. The lowest BCUT2D eigenvalue weighted by Crippen LogP contribution is -2.50. The van der Waals surface area contributed by atoms with Crippen LogP contribution < -0.4 is 0 Å². The quantitative estimate of drug-likeness (QED) is 0.694. The van der Waals surface area contributed by atoms with Crippen molar-refractivity contribution in [2.75, 3.05) is 26.2 Å². The van der Waals surface area contributed by atoms with Gasteiger partial charge in [0.05, 0.1) is 11.1 Å². The zero-order valence-corrected chi connectivity index (χ0v) is 17.8. The molecule has 3 heterocycles. The maximum Gasteiger partial charge on any atom is 0.262 e. The van der Waals surface area contributed by atoms with Gasteiger partial charge < -0.3 is 9.80 Å². The largest absolute Gasteiger partial charge is 0.335 e. The highest BCUT2D eigenvalue weighted by atomic mass is 16.2. The van der Waals surface area contributed by atoms with Crippen molar-refractivity contribution in [1.82, 2.24) is 19.7 Å². The van der Waals surface area contributed by atoms with Crippen LogP contribution in [0.1, 0.15) is 62.2 Å². The Morgan fingerprint density at radius 3 is 1.84 bits per heavy atom. The minimum absolute atomic E-state index is 0.0848. The van der Waals surface area contributed by atoms with E-state index in [9.17, 15) is 19.2 Å². The third-order valence-electron chi connectivity index (χ3n) is 5.59. The predicted octanol–water partition coefficient (Wildman–Crippen LogP) is 2.07. The van der Waals surface area contributed by atoms with E-state index in [1.165, 1.54) is 11.0 Å². The summed E-state index contributed by atoms with van der Waals surface area (Å²) in [5, 5.41) is 0. The van der Waals surface area contributed by atoms with Crippen molar-refractivity contribution in [3.63, 3.8) is 0 Å². The molecule has 0 saturated carbocycles. The average Bonchev–Trinajstić information content (AvgIpc) is 3.03. The molecule has 2 aliphatic heterocycles. The number of nitrogens with zero attached hydrogens (tertiary/aromatic N) is 4. The summed E-state index contributed by atoms with van der Waals surface area (Å²) in [4.78, 5) is 59.5. The van der Waals surface area contributed by atoms with E-state index in [0.29, 0.717) is 42.9 Å². The molecule has 0 unspecified atom stereocenters. The highest BCUT2D eigenvalue weighted by Gasteiger charge is 2.42. The molecule has 160 valence electrons. The number of imide groups is 1. The first-order chi connectivity index (χ1) is 14.7. The second-order valence-corrected chi connectivity index (χ2v) is 8.70. The molecule has 2 aliphatic rings. The fourth-order valence-electron chi connectivity index (χ4n) is 3.96. The number of aromatic nitrogens is 1. The SMILES string of the molecule is CC(C)(C)N1C(=O)c2ccc(C(=O)N3CCN(C(=O)c4ccncc4)CC3)cc2C1=O. The van der Waals surface area contributed by atoms with Gasteiger partial charge in [0.2, 0.25) is 0 Å². The van der Waals surface area contributed by atoms with Crippen LogP contribution in [0.5, 0.6) is 0 Å². The molecule has 1 aromatic heterocycles. The van der Waals surface area contributed by atoms with E-state index < -0.39 is 5.54 Å². The lowest BCUT2D eigenvalue weighted by atomic mass is 10.0. The number of carbonyl (C=O) groups is 4. The van der Waals surface area contributed by atoms with Crippen LogP contribution in [-0.2, 0) is 0 Å². The van der Waals surface area contributed by atoms with Gasteiger partial charge in [-0.25, -0.2) is 0 Å². The minimum Gasteiger partial charge on any atom is -0.335 e. The normalized spacial score (nSPS) is 16.5. The number of piperazine rings is 1. The molecule has 4 rings (SSSR count). The van der Waals surface area contributed by atoms with Crippen LogP contribution in [0, 0.1) is 0 Å². The number of rotatable bonds is 2. The first kappa shape index (κ1) is 20.7. The van der Waals surface area contributed by atoms with Crippen LogP contribution >= 0.6 is 0 Å². The average molecular weight is 420 g/mol. The highest BCUT2D eigenvalue weighted by Crippen LogP contribution is 2.30. The molecule has 1 saturated heterocycles. The van der Waals surface area contributed by atoms with Crippen LogP contribution in [0.4, 0.5) is 0 Å². The molecule has 0 radical (unpaired) electrons. The van der Waals surface area contributed by atoms with Crippen molar-refractivity contribution in [3.05, 3.63) is 65.0 Å². The van der Waals surface area contributed by atoms with Gasteiger partial charge in [-0.05, 0) is 51.1 Å². The maximum atomic E-state index is 13.0. The molecule has 0 spiro atoms. The van der Waals surface area contributed by atoms with E-state index in [4.69, 9.17) is 0 Å². The zero-order chi connectivity index (χ0) is 22.3. The van der Waals surface area contributed by atoms with Crippen LogP contribution in [0.3, 0.4) is 0 Å². The van der Waals surface area contributed by atoms with E-state index in [1.807, 2.05) is 0 Å². The van der Waals surface area contributed by atoms with E-state index in [1.54, 1.807) is 67.2 Å². The fraction of sp³-hybridized carbons (Fsp3) is 0.348. The van der Waals surface area contributed by atoms with Crippen molar-refractivity contribution in [3.8, 4) is 0 Å². The number of amides is 4. The van der Waals surface area contributed by atoms with Crippen molar-refractivity contribution in [2.45, 2.75) is 26.3 Å². The lowest BCUT2D eigenvalue weighted by Gasteiger charge is -2.35. The molecular weight excluding hydrogens is 396 g/mol. The number of fused-ring (bicyclic) bond motifs is 1. The summed E-state index contributed by atoms with van der Waals surface area (Å²) >= 11 is 0. The summed E-state index contributed by atoms with van der Waals surface area (Å²) in [6, 6.07) is 8.00. The van der Waals surface area contributed by atoms with Gasteiger partial charge in [-0.1, -0.05) is 0 Å². The molecule has 0 atom stereocenters. The highest BCUT2D eigenvalue weighted by molar-refractivity contribution is 6.22. The Kier molecular flexibility index (Phi) is 5.08. The monoisotopic (exact) mass is 420 g/mol. The molecule has 0 aliphatic carbocycles.